The second-order valence-electron chi connectivity index (χ2n) is 6.09. The first-order valence-electron chi connectivity index (χ1n) is 8.36. The number of hydrogen-bond acceptors (Lipinski definition) is 2. The van der Waals surface area contributed by atoms with Crippen molar-refractivity contribution in [2.24, 2.45) is 4.99 Å². The summed E-state index contributed by atoms with van der Waals surface area (Å²) >= 11 is 0. The van der Waals surface area contributed by atoms with Gasteiger partial charge in [0.25, 0.3) is 0 Å². The van der Waals surface area contributed by atoms with E-state index in [4.69, 9.17) is 0 Å². The third-order valence-corrected chi connectivity index (χ3v) is 4.29. The molecule has 3 heteroatoms. The predicted octanol–water partition coefficient (Wildman–Crippen LogP) is 4.81. The lowest BCUT2D eigenvalue weighted by molar-refractivity contribution is 0.269. The molecule has 0 aromatic heterocycles. The Kier molecular flexibility index (Phi) is 5.19. The summed E-state index contributed by atoms with van der Waals surface area (Å²) in [6.45, 7) is 5.21. The second kappa shape index (κ2) is 7.51. The summed E-state index contributed by atoms with van der Waals surface area (Å²) in [5.74, 6) is -0.138. The molecular weight excluding hydrogens is 287 g/mol. The van der Waals surface area contributed by atoms with Gasteiger partial charge in [-0.15, -0.1) is 0 Å². The Bertz CT molecular complexity index is 668. The van der Waals surface area contributed by atoms with Crippen molar-refractivity contribution in [2.45, 2.75) is 32.7 Å². The summed E-state index contributed by atoms with van der Waals surface area (Å²) < 4.78 is 13.5. The van der Waals surface area contributed by atoms with E-state index in [1.54, 1.807) is 12.2 Å². The van der Waals surface area contributed by atoms with E-state index in [0.29, 0.717) is 6.42 Å². The topological polar surface area (TPSA) is 15.6 Å². The van der Waals surface area contributed by atoms with Crippen molar-refractivity contribution < 1.29 is 4.39 Å². The molecule has 0 radical (unpaired) electrons. The van der Waals surface area contributed by atoms with Crippen molar-refractivity contribution in [1.29, 1.82) is 0 Å². The van der Waals surface area contributed by atoms with Gasteiger partial charge >= 0.3 is 0 Å². The van der Waals surface area contributed by atoms with E-state index in [0.717, 1.165) is 49.3 Å². The second-order valence-corrected chi connectivity index (χ2v) is 6.09. The van der Waals surface area contributed by atoms with Crippen molar-refractivity contribution in [3.05, 3.63) is 71.2 Å². The molecule has 3 rings (SSSR count). The van der Waals surface area contributed by atoms with Gasteiger partial charge in [-0.3, -0.25) is 9.89 Å². The molecule has 2 nitrogen and oxygen atoms in total. The fourth-order valence-corrected chi connectivity index (χ4v) is 3.12. The molecule has 0 unspecified atom stereocenters. The monoisotopic (exact) mass is 310 g/mol. The van der Waals surface area contributed by atoms with Crippen molar-refractivity contribution in [2.75, 3.05) is 13.1 Å². The Morgan fingerprint density at radius 1 is 1.17 bits per heavy atom. The van der Waals surface area contributed by atoms with Crippen LogP contribution in [0, 0.1) is 0 Å². The van der Waals surface area contributed by atoms with Gasteiger partial charge in [-0.1, -0.05) is 37.3 Å². The molecule has 1 aliphatic carbocycles. The van der Waals surface area contributed by atoms with Gasteiger partial charge in [0.15, 0.2) is 0 Å². The van der Waals surface area contributed by atoms with Crippen molar-refractivity contribution in [1.82, 2.24) is 4.90 Å². The Hall–Kier alpha value is -2.00. The molecule has 1 aliphatic heterocycles. The summed E-state index contributed by atoms with van der Waals surface area (Å²) in [5.41, 5.74) is 4.51. The smallest absolute Gasteiger partial charge is 0.120 e. The van der Waals surface area contributed by atoms with Crippen molar-refractivity contribution in [3.63, 3.8) is 0 Å². The molecule has 120 valence electrons. The lowest BCUT2D eigenvalue weighted by Gasteiger charge is -2.22. The predicted molar refractivity (Wildman–Crippen MR) is 94.0 cm³/mol. The number of nitrogens with zero attached hydrogens (tertiary/aromatic N) is 2. The van der Waals surface area contributed by atoms with E-state index >= 15 is 0 Å². The van der Waals surface area contributed by atoms with Crippen LogP contribution in [0.5, 0.6) is 0 Å². The van der Waals surface area contributed by atoms with Gasteiger partial charge in [0.1, 0.15) is 5.83 Å². The average molecular weight is 310 g/mol. The first kappa shape index (κ1) is 15.9. The van der Waals surface area contributed by atoms with Crippen LogP contribution in [0.2, 0.25) is 0 Å². The fourth-order valence-electron chi connectivity index (χ4n) is 3.12. The van der Waals surface area contributed by atoms with E-state index in [1.165, 1.54) is 5.56 Å². The van der Waals surface area contributed by atoms with Gasteiger partial charge in [-0.25, -0.2) is 4.39 Å². The third-order valence-electron chi connectivity index (χ3n) is 4.29. The molecule has 0 saturated heterocycles. The molecule has 0 atom stereocenters. The quantitative estimate of drug-likeness (QED) is 0.705. The van der Waals surface area contributed by atoms with Crippen LogP contribution in [-0.2, 0) is 6.54 Å². The zero-order chi connectivity index (χ0) is 16.1. The van der Waals surface area contributed by atoms with Gasteiger partial charge in [-0.2, -0.15) is 0 Å². The minimum atomic E-state index is -0.138. The highest BCUT2D eigenvalue weighted by molar-refractivity contribution is 6.08. The van der Waals surface area contributed by atoms with E-state index in [9.17, 15) is 4.39 Å². The van der Waals surface area contributed by atoms with Crippen LogP contribution in [0.3, 0.4) is 0 Å². The summed E-state index contributed by atoms with van der Waals surface area (Å²) in [6, 6.07) is 10.6. The number of hydrogen-bond donors (Lipinski definition) is 0. The van der Waals surface area contributed by atoms with Gasteiger partial charge in [0.05, 0.1) is 5.71 Å². The number of halogens is 1. The van der Waals surface area contributed by atoms with Crippen LogP contribution < -0.4 is 0 Å². The summed E-state index contributed by atoms with van der Waals surface area (Å²) in [6.07, 6.45) is 7.80. The minimum Gasteiger partial charge on any atom is -0.299 e. The van der Waals surface area contributed by atoms with Crippen LogP contribution in [0.25, 0.3) is 0 Å². The normalized spacial score (nSPS) is 16.7. The van der Waals surface area contributed by atoms with Crippen LogP contribution in [-0.4, -0.2) is 23.7 Å². The Labute approximate surface area is 137 Å². The van der Waals surface area contributed by atoms with Crippen LogP contribution in [0.1, 0.15) is 31.7 Å². The zero-order valence-corrected chi connectivity index (χ0v) is 13.6. The number of rotatable bonds is 7. The maximum Gasteiger partial charge on any atom is 0.120 e. The van der Waals surface area contributed by atoms with Gasteiger partial charge in [0.2, 0.25) is 0 Å². The molecule has 0 N–H and O–H groups in total. The van der Waals surface area contributed by atoms with Gasteiger partial charge < -0.3 is 0 Å². The SMILES string of the molecule is CCCN(CCC1=CN=C2CC=C(F)C=C12)Cc1ccccc1. The fraction of sp³-hybridized carbons (Fsp3) is 0.350. The van der Waals surface area contributed by atoms with E-state index in [-0.39, 0.29) is 5.83 Å². The Morgan fingerprint density at radius 2 is 2.00 bits per heavy atom. The molecule has 1 heterocycles. The molecule has 0 bridgehead atoms. The van der Waals surface area contributed by atoms with Gasteiger partial charge in [0, 0.05) is 31.3 Å². The molecule has 0 saturated carbocycles. The number of fused-ring (bicyclic) bond motifs is 1. The molecule has 0 spiro atoms. The molecule has 1 aromatic rings. The molecule has 23 heavy (non-hydrogen) atoms. The lowest BCUT2D eigenvalue weighted by atomic mass is 9.95. The number of benzene rings is 1. The largest absolute Gasteiger partial charge is 0.299 e. The summed E-state index contributed by atoms with van der Waals surface area (Å²) in [5, 5.41) is 0. The van der Waals surface area contributed by atoms with Crippen LogP contribution in [0.4, 0.5) is 4.39 Å². The van der Waals surface area contributed by atoms with E-state index < -0.39 is 0 Å². The van der Waals surface area contributed by atoms with Crippen molar-refractivity contribution >= 4 is 5.71 Å². The first-order chi connectivity index (χ1) is 11.3. The Morgan fingerprint density at radius 3 is 2.78 bits per heavy atom. The zero-order valence-electron chi connectivity index (χ0n) is 13.6. The highest BCUT2D eigenvalue weighted by Crippen LogP contribution is 2.29. The Balaban J connectivity index is 1.60. The number of allylic oxidation sites excluding steroid dienone is 4. The van der Waals surface area contributed by atoms with E-state index in [2.05, 4.69) is 41.1 Å². The van der Waals surface area contributed by atoms with Crippen LogP contribution >= 0.6 is 0 Å². The third kappa shape index (κ3) is 4.05. The summed E-state index contributed by atoms with van der Waals surface area (Å²) in [7, 11) is 0. The van der Waals surface area contributed by atoms with Crippen molar-refractivity contribution in [3.8, 4) is 0 Å². The van der Waals surface area contributed by atoms with E-state index in [1.807, 2.05) is 12.3 Å². The van der Waals surface area contributed by atoms with Crippen LogP contribution in [0.15, 0.2) is 70.6 Å². The summed E-state index contributed by atoms with van der Waals surface area (Å²) in [4.78, 5) is 6.90. The maximum atomic E-state index is 13.5. The average Bonchev–Trinajstić information content (AvgIpc) is 2.96. The molecule has 2 aliphatic rings. The molecule has 0 fully saturated rings. The molecular formula is C20H23FN2. The first-order valence-corrected chi connectivity index (χ1v) is 8.36. The molecule has 1 aromatic carbocycles. The highest BCUT2D eigenvalue weighted by Gasteiger charge is 2.20. The number of aliphatic imine (C=N–C) groups is 1. The highest BCUT2D eigenvalue weighted by atomic mass is 19.1. The minimum absolute atomic E-state index is 0.138. The standard InChI is InChI=1S/C20H23FN2/c1-2-11-23(15-16-6-4-3-5-7-16)12-10-17-14-22-20-9-8-18(21)13-19(17)20/h3-8,13-14H,2,9-12,15H2,1H3. The molecule has 0 amide bonds. The van der Waals surface area contributed by atoms with Gasteiger partial charge in [-0.05, 0) is 42.7 Å². The lowest BCUT2D eigenvalue weighted by Crippen LogP contribution is -2.25. The maximum absolute atomic E-state index is 13.5.